The molecule has 1 aliphatic rings. The second kappa shape index (κ2) is 6.53. The van der Waals surface area contributed by atoms with Crippen molar-refractivity contribution in [2.75, 3.05) is 13.1 Å². The van der Waals surface area contributed by atoms with Crippen molar-refractivity contribution in [3.63, 3.8) is 0 Å². The van der Waals surface area contributed by atoms with Gasteiger partial charge < -0.3 is 9.64 Å². The van der Waals surface area contributed by atoms with Crippen LogP contribution in [-0.4, -0.2) is 40.2 Å². The Bertz CT molecular complexity index is 620. The van der Waals surface area contributed by atoms with E-state index in [0.717, 1.165) is 28.7 Å². The first-order valence-corrected chi connectivity index (χ1v) is 8.37. The number of nitrogens with zero attached hydrogens (tertiary/aromatic N) is 3. The summed E-state index contributed by atoms with van der Waals surface area (Å²) in [4.78, 5) is 15.0. The molecule has 0 aliphatic carbocycles. The fourth-order valence-corrected chi connectivity index (χ4v) is 3.71. The molecule has 1 saturated heterocycles. The zero-order valence-corrected chi connectivity index (χ0v) is 13.6. The second-order valence-electron chi connectivity index (χ2n) is 4.82. The summed E-state index contributed by atoms with van der Waals surface area (Å²) in [6, 6.07) is 5.43. The first kappa shape index (κ1) is 14.5. The van der Waals surface area contributed by atoms with Gasteiger partial charge in [-0.2, -0.15) is 5.10 Å². The number of hydrogen-bond donors (Lipinski definition) is 0. The maximum Gasteiger partial charge on any atom is 0.264 e. The SMILES string of the molecule is O=C(c1cc(Br)cs1)N1CCCC(Oc2cccnn2)C1. The molecule has 0 spiro atoms. The van der Waals surface area contributed by atoms with Gasteiger partial charge in [0.15, 0.2) is 0 Å². The van der Waals surface area contributed by atoms with Crippen molar-refractivity contribution in [2.24, 2.45) is 0 Å². The van der Waals surface area contributed by atoms with Crippen LogP contribution in [0, 0.1) is 0 Å². The summed E-state index contributed by atoms with van der Waals surface area (Å²) in [5.41, 5.74) is 0. The zero-order valence-electron chi connectivity index (χ0n) is 11.2. The Balaban J connectivity index is 1.64. The summed E-state index contributed by atoms with van der Waals surface area (Å²) in [6.07, 6.45) is 3.44. The van der Waals surface area contributed by atoms with Gasteiger partial charge in [-0.15, -0.1) is 16.4 Å². The van der Waals surface area contributed by atoms with Crippen LogP contribution in [0.3, 0.4) is 0 Å². The van der Waals surface area contributed by atoms with E-state index in [2.05, 4.69) is 26.1 Å². The fraction of sp³-hybridized carbons (Fsp3) is 0.357. The van der Waals surface area contributed by atoms with Crippen LogP contribution in [0.25, 0.3) is 0 Å². The zero-order chi connectivity index (χ0) is 14.7. The molecule has 0 saturated carbocycles. The smallest absolute Gasteiger partial charge is 0.264 e. The highest BCUT2D eigenvalue weighted by Gasteiger charge is 2.26. The second-order valence-corrected chi connectivity index (χ2v) is 6.65. The summed E-state index contributed by atoms with van der Waals surface area (Å²) in [7, 11) is 0. The number of halogens is 1. The van der Waals surface area contributed by atoms with Crippen LogP contribution in [0.15, 0.2) is 34.2 Å². The van der Waals surface area contributed by atoms with Gasteiger partial charge in [-0.05, 0) is 40.9 Å². The van der Waals surface area contributed by atoms with Crippen molar-refractivity contribution in [1.82, 2.24) is 15.1 Å². The lowest BCUT2D eigenvalue weighted by Gasteiger charge is -2.32. The molecule has 1 unspecified atom stereocenters. The molecule has 0 radical (unpaired) electrons. The van der Waals surface area contributed by atoms with E-state index < -0.39 is 0 Å². The summed E-state index contributed by atoms with van der Waals surface area (Å²) >= 11 is 4.84. The van der Waals surface area contributed by atoms with Gasteiger partial charge in [0.2, 0.25) is 5.88 Å². The lowest BCUT2D eigenvalue weighted by atomic mass is 10.1. The van der Waals surface area contributed by atoms with Crippen LogP contribution in [-0.2, 0) is 0 Å². The largest absolute Gasteiger partial charge is 0.471 e. The van der Waals surface area contributed by atoms with Gasteiger partial charge >= 0.3 is 0 Å². The van der Waals surface area contributed by atoms with E-state index in [1.807, 2.05) is 16.3 Å². The molecule has 2 aromatic heterocycles. The van der Waals surface area contributed by atoms with E-state index >= 15 is 0 Å². The summed E-state index contributed by atoms with van der Waals surface area (Å²) in [5.74, 6) is 0.578. The third kappa shape index (κ3) is 3.59. The van der Waals surface area contributed by atoms with Crippen LogP contribution in [0.1, 0.15) is 22.5 Å². The predicted octanol–water partition coefficient (Wildman–Crippen LogP) is 2.98. The number of ether oxygens (including phenoxy) is 1. The summed E-state index contributed by atoms with van der Waals surface area (Å²) in [5, 5.41) is 9.64. The van der Waals surface area contributed by atoms with Crippen LogP contribution >= 0.6 is 27.3 Å². The Hall–Kier alpha value is -1.47. The lowest BCUT2D eigenvalue weighted by Crippen LogP contribution is -2.44. The first-order chi connectivity index (χ1) is 10.2. The van der Waals surface area contributed by atoms with Gasteiger partial charge in [0.1, 0.15) is 6.10 Å². The molecule has 5 nitrogen and oxygen atoms in total. The number of thiophene rings is 1. The van der Waals surface area contributed by atoms with E-state index in [1.54, 1.807) is 18.3 Å². The number of piperidine rings is 1. The maximum absolute atomic E-state index is 12.4. The van der Waals surface area contributed by atoms with Gasteiger partial charge in [0, 0.05) is 28.7 Å². The minimum atomic E-state index is -0.0252. The highest BCUT2D eigenvalue weighted by atomic mass is 79.9. The Labute approximate surface area is 135 Å². The van der Waals surface area contributed by atoms with Crippen LogP contribution in [0.2, 0.25) is 0 Å². The van der Waals surface area contributed by atoms with E-state index in [1.165, 1.54) is 11.3 Å². The van der Waals surface area contributed by atoms with Gasteiger partial charge in [-0.3, -0.25) is 4.79 Å². The van der Waals surface area contributed by atoms with Gasteiger partial charge in [-0.25, -0.2) is 0 Å². The lowest BCUT2D eigenvalue weighted by molar-refractivity contribution is 0.0530. The normalized spacial score (nSPS) is 18.5. The Morgan fingerprint density at radius 3 is 3.14 bits per heavy atom. The third-order valence-electron chi connectivity index (χ3n) is 3.28. The molecule has 3 heterocycles. The van der Waals surface area contributed by atoms with Gasteiger partial charge in [0.25, 0.3) is 5.91 Å². The molecule has 7 heteroatoms. The molecule has 0 N–H and O–H groups in total. The van der Waals surface area contributed by atoms with Crippen LogP contribution in [0.5, 0.6) is 5.88 Å². The van der Waals surface area contributed by atoms with E-state index in [9.17, 15) is 4.79 Å². The average Bonchev–Trinajstić information content (AvgIpc) is 2.94. The molecular weight excluding hydrogens is 354 g/mol. The summed E-state index contributed by atoms with van der Waals surface area (Å²) < 4.78 is 6.75. The topological polar surface area (TPSA) is 55.3 Å². The highest BCUT2D eigenvalue weighted by Crippen LogP contribution is 2.23. The van der Waals surface area contributed by atoms with Crippen LogP contribution in [0.4, 0.5) is 0 Å². The van der Waals surface area contributed by atoms with Crippen molar-refractivity contribution in [3.05, 3.63) is 39.1 Å². The molecule has 3 rings (SSSR count). The standard InChI is InChI=1S/C14H14BrN3O2S/c15-10-7-12(21-9-10)14(19)18-6-2-3-11(8-18)20-13-4-1-5-16-17-13/h1,4-5,7,9,11H,2-3,6,8H2. The van der Waals surface area contributed by atoms with Crippen molar-refractivity contribution >= 4 is 33.2 Å². The van der Waals surface area contributed by atoms with Crippen LogP contribution < -0.4 is 4.74 Å². The molecule has 1 aliphatic heterocycles. The fourth-order valence-electron chi connectivity index (χ4n) is 2.32. The molecular formula is C14H14BrN3O2S. The van der Waals surface area contributed by atoms with Crippen molar-refractivity contribution in [3.8, 4) is 5.88 Å². The molecule has 0 bridgehead atoms. The Kier molecular flexibility index (Phi) is 4.50. The number of hydrogen-bond acceptors (Lipinski definition) is 5. The quantitative estimate of drug-likeness (QED) is 0.836. The summed E-state index contributed by atoms with van der Waals surface area (Å²) in [6.45, 7) is 1.36. The predicted molar refractivity (Wildman–Crippen MR) is 83.6 cm³/mol. The third-order valence-corrected chi connectivity index (χ3v) is 4.96. The first-order valence-electron chi connectivity index (χ1n) is 6.70. The molecule has 2 aromatic rings. The molecule has 0 aromatic carbocycles. The number of likely N-dealkylation sites (tertiary alicyclic amines) is 1. The minimum Gasteiger partial charge on any atom is -0.471 e. The number of amides is 1. The number of carbonyl (C=O) groups excluding carboxylic acids is 1. The van der Waals surface area contributed by atoms with E-state index in [0.29, 0.717) is 12.4 Å². The molecule has 21 heavy (non-hydrogen) atoms. The maximum atomic E-state index is 12.4. The highest BCUT2D eigenvalue weighted by molar-refractivity contribution is 9.10. The minimum absolute atomic E-state index is 0.0252. The van der Waals surface area contributed by atoms with E-state index in [4.69, 9.17) is 4.74 Å². The molecule has 1 fully saturated rings. The molecule has 110 valence electrons. The molecule has 1 atom stereocenters. The number of carbonyl (C=O) groups is 1. The molecule has 1 amide bonds. The monoisotopic (exact) mass is 367 g/mol. The average molecular weight is 368 g/mol. The van der Waals surface area contributed by atoms with Crippen molar-refractivity contribution < 1.29 is 9.53 Å². The Morgan fingerprint density at radius 2 is 2.43 bits per heavy atom. The number of rotatable bonds is 3. The van der Waals surface area contributed by atoms with Crippen molar-refractivity contribution in [2.45, 2.75) is 18.9 Å². The van der Waals surface area contributed by atoms with Gasteiger partial charge in [-0.1, -0.05) is 0 Å². The van der Waals surface area contributed by atoms with Crippen molar-refractivity contribution in [1.29, 1.82) is 0 Å². The number of aromatic nitrogens is 2. The van der Waals surface area contributed by atoms with Gasteiger partial charge in [0.05, 0.1) is 11.4 Å². The Morgan fingerprint density at radius 1 is 1.52 bits per heavy atom. The van der Waals surface area contributed by atoms with E-state index in [-0.39, 0.29) is 12.0 Å².